The topological polar surface area (TPSA) is 59.3 Å². The Bertz CT molecular complexity index is 1140. The Morgan fingerprint density at radius 2 is 2.10 bits per heavy atom. The molecule has 152 valence electrons. The fourth-order valence-corrected chi connectivity index (χ4v) is 5.17. The molecule has 3 aromatic heterocycles. The number of hydrogen-bond donors (Lipinski definition) is 1. The third-order valence-electron chi connectivity index (χ3n) is 5.20. The van der Waals surface area contributed by atoms with Gasteiger partial charge in [0.2, 0.25) is 0 Å². The summed E-state index contributed by atoms with van der Waals surface area (Å²) >= 11 is 3.39. The predicted molar refractivity (Wildman–Crippen MR) is 121 cm³/mol. The van der Waals surface area contributed by atoms with E-state index < -0.39 is 0 Å². The van der Waals surface area contributed by atoms with Crippen LogP contribution in [-0.2, 0) is 5.75 Å². The highest BCUT2D eigenvalue weighted by Crippen LogP contribution is 2.42. The molecule has 3 heterocycles. The lowest BCUT2D eigenvalue weighted by Gasteiger charge is -2.16. The molecule has 30 heavy (non-hydrogen) atoms. The van der Waals surface area contributed by atoms with E-state index in [4.69, 9.17) is 0 Å². The molecule has 0 radical (unpaired) electrons. The summed E-state index contributed by atoms with van der Waals surface area (Å²) in [6, 6.07) is 13.8. The lowest BCUT2D eigenvalue weighted by Crippen LogP contribution is -2.29. The van der Waals surface area contributed by atoms with E-state index in [1.54, 1.807) is 23.1 Å². The van der Waals surface area contributed by atoms with Gasteiger partial charge in [0.25, 0.3) is 5.91 Å². The van der Waals surface area contributed by atoms with Gasteiger partial charge in [-0.3, -0.25) is 4.79 Å². The maximum absolute atomic E-state index is 12.8. The second kappa shape index (κ2) is 8.24. The molecule has 4 aromatic rings. The van der Waals surface area contributed by atoms with Gasteiger partial charge in [0.05, 0.1) is 11.7 Å². The number of thioether (sulfide) groups is 1. The number of amides is 1. The molecule has 0 spiro atoms. The molecule has 1 amide bonds. The van der Waals surface area contributed by atoms with Gasteiger partial charge in [-0.1, -0.05) is 6.07 Å². The first-order valence-corrected chi connectivity index (χ1v) is 11.8. The Kier molecular flexibility index (Phi) is 5.31. The molecule has 5 nitrogen and oxygen atoms in total. The highest BCUT2D eigenvalue weighted by molar-refractivity contribution is 7.98. The summed E-state index contributed by atoms with van der Waals surface area (Å²) in [5.74, 6) is 1.27. The number of rotatable bonds is 7. The second-order valence-corrected chi connectivity index (χ2v) is 9.92. The molecule has 5 rings (SSSR count). The normalized spacial score (nSPS) is 14.7. The van der Waals surface area contributed by atoms with Gasteiger partial charge in [0, 0.05) is 39.7 Å². The van der Waals surface area contributed by atoms with E-state index in [1.807, 2.05) is 59.3 Å². The van der Waals surface area contributed by atoms with Crippen LogP contribution in [0.3, 0.4) is 0 Å². The standard InChI is InChI=1S/C23H22N4OS2/c1-15-12-24-23(30-15)21(16-5-6-16)26-22(28)17-7-9-19(10-8-17)29-14-18-13-27-11-3-2-4-20(27)25-18/h2-4,7-13,16,21H,5-6,14H2,1H3,(H,26,28)/t21-/m1/s1. The number of carbonyl (C=O) groups excluding carboxylic acids is 1. The smallest absolute Gasteiger partial charge is 0.251 e. The van der Waals surface area contributed by atoms with E-state index in [2.05, 4.69) is 28.4 Å². The van der Waals surface area contributed by atoms with E-state index in [0.29, 0.717) is 11.5 Å². The fraction of sp³-hybridized carbons (Fsp3) is 0.261. The summed E-state index contributed by atoms with van der Waals surface area (Å²) in [6.07, 6.45) is 8.26. The molecule has 0 unspecified atom stereocenters. The van der Waals surface area contributed by atoms with E-state index in [1.165, 1.54) is 4.88 Å². The number of thiazole rings is 1. The Balaban J connectivity index is 1.22. The zero-order valence-corrected chi connectivity index (χ0v) is 18.2. The summed E-state index contributed by atoms with van der Waals surface area (Å²) < 4.78 is 2.03. The Hall–Kier alpha value is -2.64. The SMILES string of the molecule is Cc1cnc([C@H](NC(=O)c2ccc(SCc3cn4ccccc4n3)cc2)C2CC2)s1. The van der Waals surface area contributed by atoms with Gasteiger partial charge >= 0.3 is 0 Å². The van der Waals surface area contributed by atoms with Crippen LogP contribution in [0, 0.1) is 12.8 Å². The summed E-state index contributed by atoms with van der Waals surface area (Å²) in [7, 11) is 0. The van der Waals surface area contributed by atoms with E-state index in [9.17, 15) is 4.79 Å². The van der Waals surface area contributed by atoms with Crippen LogP contribution in [0.25, 0.3) is 5.65 Å². The summed E-state index contributed by atoms with van der Waals surface area (Å²) in [4.78, 5) is 24.2. The minimum absolute atomic E-state index is 0.0281. The number of imidazole rings is 1. The van der Waals surface area contributed by atoms with Gasteiger partial charge in [-0.05, 0) is 62.1 Å². The molecule has 1 aromatic carbocycles. The summed E-state index contributed by atoms with van der Waals surface area (Å²) in [5.41, 5.74) is 2.69. The van der Waals surface area contributed by atoms with Crippen molar-refractivity contribution in [3.8, 4) is 0 Å². The van der Waals surface area contributed by atoms with Crippen molar-refractivity contribution < 1.29 is 4.79 Å². The van der Waals surface area contributed by atoms with Crippen molar-refractivity contribution in [2.24, 2.45) is 5.92 Å². The average Bonchev–Trinajstić information content (AvgIpc) is 3.37. The molecule has 1 atom stereocenters. The fourth-order valence-electron chi connectivity index (χ4n) is 3.47. The number of pyridine rings is 1. The number of nitrogens with zero attached hydrogens (tertiary/aromatic N) is 3. The first-order chi connectivity index (χ1) is 14.7. The molecule has 0 saturated heterocycles. The molecule has 1 aliphatic carbocycles. The molecular formula is C23H22N4OS2. The number of carbonyl (C=O) groups is 1. The van der Waals surface area contributed by atoms with Crippen molar-refractivity contribution in [1.82, 2.24) is 19.7 Å². The Morgan fingerprint density at radius 3 is 2.80 bits per heavy atom. The first-order valence-electron chi connectivity index (χ1n) is 10.0. The number of hydrogen-bond acceptors (Lipinski definition) is 5. The molecule has 1 N–H and O–H groups in total. The van der Waals surface area contributed by atoms with Gasteiger partial charge in [-0.25, -0.2) is 9.97 Å². The molecule has 7 heteroatoms. The van der Waals surface area contributed by atoms with Crippen LogP contribution < -0.4 is 5.32 Å². The van der Waals surface area contributed by atoms with Crippen LogP contribution in [0.5, 0.6) is 0 Å². The molecule has 1 fully saturated rings. The van der Waals surface area contributed by atoms with Crippen molar-refractivity contribution in [3.05, 3.63) is 82.2 Å². The second-order valence-electron chi connectivity index (χ2n) is 7.61. The quantitative estimate of drug-likeness (QED) is 0.403. The predicted octanol–water partition coefficient (Wildman–Crippen LogP) is 5.27. The maximum atomic E-state index is 12.8. The van der Waals surface area contributed by atoms with Crippen molar-refractivity contribution in [1.29, 1.82) is 0 Å². The van der Waals surface area contributed by atoms with Gasteiger partial charge in [0.15, 0.2) is 0 Å². The number of aryl methyl sites for hydroxylation is 1. The summed E-state index contributed by atoms with van der Waals surface area (Å²) in [5, 5.41) is 4.22. The van der Waals surface area contributed by atoms with Crippen LogP contribution in [0.2, 0.25) is 0 Å². The number of benzene rings is 1. The number of fused-ring (bicyclic) bond motifs is 1. The van der Waals surface area contributed by atoms with Crippen LogP contribution in [0.4, 0.5) is 0 Å². The minimum atomic E-state index is -0.0309. The average molecular weight is 435 g/mol. The molecular weight excluding hydrogens is 412 g/mol. The summed E-state index contributed by atoms with van der Waals surface area (Å²) in [6.45, 7) is 2.05. The lowest BCUT2D eigenvalue weighted by molar-refractivity contribution is 0.0931. The molecule has 0 bridgehead atoms. The minimum Gasteiger partial charge on any atom is -0.343 e. The molecule has 1 saturated carbocycles. The van der Waals surface area contributed by atoms with E-state index in [-0.39, 0.29) is 11.9 Å². The van der Waals surface area contributed by atoms with Crippen molar-refractivity contribution >= 4 is 34.7 Å². The zero-order valence-electron chi connectivity index (χ0n) is 16.6. The number of nitrogens with one attached hydrogen (secondary N) is 1. The van der Waals surface area contributed by atoms with E-state index >= 15 is 0 Å². The van der Waals surface area contributed by atoms with Crippen molar-refractivity contribution in [2.75, 3.05) is 0 Å². The Labute approximate surface area is 183 Å². The van der Waals surface area contributed by atoms with Crippen LogP contribution >= 0.6 is 23.1 Å². The maximum Gasteiger partial charge on any atom is 0.251 e. The molecule has 1 aliphatic rings. The van der Waals surface area contributed by atoms with E-state index in [0.717, 1.165) is 39.8 Å². The zero-order chi connectivity index (χ0) is 20.5. The highest BCUT2D eigenvalue weighted by Gasteiger charge is 2.35. The number of aromatic nitrogens is 3. The van der Waals surface area contributed by atoms with Crippen LogP contribution in [0.1, 0.15) is 44.8 Å². The van der Waals surface area contributed by atoms with Crippen molar-refractivity contribution in [3.63, 3.8) is 0 Å². The largest absolute Gasteiger partial charge is 0.343 e. The monoisotopic (exact) mass is 434 g/mol. The van der Waals surface area contributed by atoms with Gasteiger partial charge in [0.1, 0.15) is 10.7 Å². The third-order valence-corrected chi connectivity index (χ3v) is 7.24. The first kappa shape index (κ1) is 19.3. The highest BCUT2D eigenvalue weighted by atomic mass is 32.2. The molecule has 0 aliphatic heterocycles. The lowest BCUT2D eigenvalue weighted by atomic mass is 10.1. The van der Waals surface area contributed by atoms with Crippen molar-refractivity contribution in [2.45, 2.75) is 36.5 Å². The van der Waals surface area contributed by atoms with Crippen LogP contribution in [0.15, 0.2) is 66.0 Å². The van der Waals surface area contributed by atoms with Gasteiger partial charge in [-0.2, -0.15) is 0 Å². The van der Waals surface area contributed by atoms with Gasteiger partial charge in [-0.15, -0.1) is 23.1 Å². The van der Waals surface area contributed by atoms with Gasteiger partial charge < -0.3 is 9.72 Å². The van der Waals surface area contributed by atoms with Crippen LogP contribution in [-0.4, -0.2) is 20.3 Å². The Morgan fingerprint density at radius 1 is 1.27 bits per heavy atom. The third kappa shape index (κ3) is 4.27.